The maximum absolute atomic E-state index is 11.1. The second-order valence-corrected chi connectivity index (χ2v) is 4.08. The minimum Gasteiger partial charge on any atom is -0.343 e. The lowest BCUT2D eigenvalue weighted by Gasteiger charge is -2.33. The Bertz CT molecular complexity index is 188. The van der Waals surface area contributed by atoms with Gasteiger partial charge in [-0.1, -0.05) is 0 Å². The van der Waals surface area contributed by atoms with Gasteiger partial charge in [0.1, 0.15) is 0 Å². The normalized spacial score (nSPS) is 20.9. The molecule has 1 aliphatic heterocycles. The quantitative estimate of drug-likeness (QED) is 0.669. The monoisotopic (exact) mass is 199 g/mol. The van der Waals surface area contributed by atoms with E-state index in [-0.39, 0.29) is 5.91 Å². The molecule has 0 radical (unpaired) electrons. The third-order valence-electron chi connectivity index (χ3n) is 2.81. The molecule has 1 atom stereocenters. The number of likely N-dealkylation sites (tertiary alicyclic amines) is 1. The molecule has 1 saturated heterocycles. The average Bonchev–Trinajstić information content (AvgIpc) is 2.18. The highest BCUT2D eigenvalue weighted by Gasteiger charge is 2.20. The second kappa shape index (κ2) is 5.32. The molecule has 82 valence electrons. The molecule has 1 amide bonds. The van der Waals surface area contributed by atoms with Crippen LogP contribution in [-0.2, 0) is 4.79 Å². The van der Waals surface area contributed by atoms with Crippen LogP contribution in [0, 0.1) is 0 Å². The Hall–Kier alpha value is -0.610. The Labute approximate surface area is 85.8 Å². The fourth-order valence-corrected chi connectivity index (χ4v) is 1.83. The zero-order chi connectivity index (χ0) is 10.6. The van der Waals surface area contributed by atoms with Crippen LogP contribution in [-0.4, -0.2) is 42.5 Å². The van der Waals surface area contributed by atoms with Crippen LogP contribution in [0.1, 0.15) is 26.7 Å². The van der Waals surface area contributed by atoms with Crippen LogP contribution >= 0.6 is 0 Å². The van der Waals surface area contributed by atoms with E-state index in [9.17, 15) is 4.79 Å². The first kappa shape index (κ1) is 11.5. The molecule has 1 aliphatic rings. The summed E-state index contributed by atoms with van der Waals surface area (Å²) in [7, 11) is 0. The van der Waals surface area contributed by atoms with E-state index < -0.39 is 0 Å². The number of hydrogen-bond donors (Lipinski definition) is 2. The Morgan fingerprint density at radius 3 is 2.57 bits per heavy atom. The van der Waals surface area contributed by atoms with Gasteiger partial charge < -0.3 is 16.0 Å². The molecular weight excluding hydrogens is 178 g/mol. The van der Waals surface area contributed by atoms with E-state index in [1.807, 2.05) is 4.90 Å². The molecule has 0 aromatic heterocycles. The van der Waals surface area contributed by atoms with Crippen molar-refractivity contribution in [3.63, 3.8) is 0 Å². The number of hydrogen-bond acceptors (Lipinski definition) is 3. The lowest BCUT2D eigenvalue weighted by molar-refractivity contribution is -0.129. The van der Waals surface area contributed by atoms with E-state index in [2.05, 4.69) is 12.2 Å². The molecule has 1 fully saturated rings. The molecule has 1 unspecified atom stereocenters. The van der Waals surface area contributed by atoms with Gasteiger partial charge >= 0.3 is 0 Å². The van der Waals surface area contributed by atoms with Crippen molar-refractivity contribution in [3.05, 3.63) is 0 Å². The Morgan fingerprint density at radius 2 is 2.14 bits per heavy atom. The number of nitrogens with two attached hydrogens (primary N) is 1. The van der Waals surface area contributed by atoms with Crippen LogP contribution in [0.4, 0.5) is 0 Å². The van der Waals surface area contributed by atoms with Gasteiger partial charge in [-0.2, -0.15) is 0 Å². The van der Waals surface area contributed by atoms with Crippen molar-refractivity contribution in [2.45, 2.75) is 38.8 Å². The van der Waals surface area contributed by atoms with Gasteiger partial charge in [0.05, 0.1) is 0 Å². The summed E-state index contributed by atoms with van der Waals surface area (Å²) in [5.41, 5.74) is 5.54. The molecule has 0 aromatic carbocycles. The summed E-state index contributed by atoms with van der Waals surface area (Å²) in [6, 6.07) is 0.910. The van der Waals surface area contributed by atoms with E-state index in [1.165, 1.54) is 0 Å². The molecule has 0 saturated carbocycles. The molecule has 0 bridgehead atoms. The van der Waals surface area contributed by atoms with Crippen molar-refractivity contribution in [1.29, 1.82) is 0 Å². The van der Waals surface area contributed by atoms with E-state index in [1.54, 1.807) is 6.92 Å². The second-order valence-electron chi connectivity index (χ2n) is 4.08. The fourth-order valence-electron chi connectivity index (χ4n) is 1.83. The Balaban J connectivity index is 2.25. The molecule has 1 heterocycles. The zero-order valence-electron chi connectivity index (χ0n) is 9.12. The number of carbonyl (C=O) groups is 1. The summed E-state index contributed by atoms with van der Waals surface area (Å²) in [4.78, 5) is 13.0. The third-order valence-corrected chi connectivity index (χ3v) is 2.81. The molecule has 4 heteroatoms. The first-order valence-corrected chi connectivity index (χ1v) is 5.35. The Morgan fingerprint density at radius 1 is 1.57 bits per heavy atom. The van der Waals surface area contributed by atoms with Gasteiger partial charge in [0.15, 0.2) is 0 Å². The minimum absolute atomic E-state index is 0.190. The van der Waals surface area contributed by atoms with Crippen molar-refractivity contribution < 1.29 is 4.79 Å². The smallest absolute Gasteiger partial charge is 0.219 e. The van der Waals surface area contributed by atoms with Crippen molar-refractivity contribution in [3.8, 4) is 0 Å². The van der Waals surface area contributed by atoms with Gasteiger partial charge in [0, 0.05) is 38.6 Å². The van der Waals surface area contributed by atoms with E-state index in [4.69, 9.17) is 5.73 Å². The highest BCUT2D eigenvalue weighted by molar-refractivity contribution is 5.73. The summed E-state index contributed by atoms with van der Waals surface area (Å²) in [5.74, 6) is 0.190. The van der Waals surface area contributed by atoms with Crippen LogP contribution in [0.3, 0.4) is 0 Å². The molecule has 14 heavy (non-hydrogen) atoms. The summed E-state index contributed by atoms with van der Waals surface area (Å²) in [6.45, 7) is 6.16. The number of nitrogens with one attached hydrogen (secondary N) is 1. The van der Waals surface area contributed by atoms with Gasteiger partial charge in [0.25, 0.3) is 0 Å². The average molecular weight is 199 g/mol. The van der Waals surface area contributed by atoms with Crippen molar-refractivity contribution in [2.24, 2.45) is 5.73 Å². The summed E-state index contributed by atoms with van der Waals surface area (Å²) >= 11 is 0. The summed E-state index contributed by atoms with van der Waals surface area (Å²) < 4.78 is 0. The lowest BCUT2D eigenvalue weighted by Crippen LogP contribution is -2.48. The van der Waals surface area contributed by atoms with Gasteiger partial charge in [0.2, 0.25) is 5.91 Å². The number of amides is 1. The number of rotatable bonds is 3. The predicted molar refractivity (Wildman–Crippen MR) is 56.9 cm³/mol. The van der Waals surface area contributed by atoms with Crippen molar-refractivity contribution in [2.75, 3.05) is 19.6 Å². The number of piperidine rings is 1. The predicted octanol–water partition coefficient (Wildman–Crippen LogP) is -0.0659. The molecule has 1 rings (SSSR count). The summed E-state index contributed by atoms with van der Waals surface area (Å²) in [5, 5.41) is 3.46. The van der Waals surface area contributed by atoms with Crippen LogP contribution in [0.5, 0.6) is 0 Å². The highest BCUT2D eigenvalue weighted by Crippen LogP contribution is 2.10. The maximum atomic E-state index is 11.1. The number of carbonyl (C=O) groups excluding carboxylic acids is 1. The van der Waals surface area contributed by atoms with E-state index in [0.29, 0.717) is 18.6 Å². The third kappa shape index (κ3) is 3.27. The lowest BCUT2D eigenvalue weighted by atomic mass is 10.0. The van der Waals surface area contributed by atoms with E-state index in [0.717, 1.165) is 25.9 Å². The first-order chi connectivity index (χ1) is 6.63. The van der Waals surface area contributed by atoms with Crippen LogP contribution < -0.4 is 11.1 Å². The van der Waals surface area contributed by atoms with Crippen LogP contribution in [0.25, 0.3) is 0 Å². The molecule has 0 spiro atoms. The van der Waals surface area contributed by atoms with Crippen LogP contribution in [0.15, 0.2) is 0 Å². The summed E-state index contributed by atoms with van der Waals surface area (Å²) in [6.07, 6.45) is 2.09. The zero-order valence-corrected chi connectivity index (χ0v) is 9.12. The van der Waals surface area contributed by atoms with E-state index >= 15 is 0 Å². The van der Waals surface area contributed by atoms with Gasteiger partial charge in [-0.05, 0) is 19.8 Å². The van der Waals surface area contributed by atoms with Crippen molar-refractivity contribution in [1.82, 2.24) is 10.2 Å². The number of nitrogens with zero attached hydrogens (tertiary/aromatic N) is 1. The fraction of sp³-hybridized carbons (Fsp3) is 0.900. The largest absolute Gasteiger partial charge is 0.343 e. The SMILES string of the molecule is CC(=O)N1CCC(NC(C)CN)CC1. The molecule has 0 aliphatic carbocycles. The van der Waals surface area contributed by atoms with Crippen LogP contribution in [0.2, 0.25) is 0 Å². The highest BCUT2D eigenvalue weighted by atomic mass is 16.2. The molecule has 3 N–H and O–H groups in total. The first-order valence-electron chi connectivity index (χ1n) is 5.35. The molecular formula is C10H21N3O. The molecule has 4 nitrogen and oxygen atoms in total. The molecule has 0 aromatic rings. The van der Waals surface area contributed by atoms with Gasteiger partial charge in [-0.15, -0.1) is 0 Å². The standard InChI is InChI=1S/C10H21N3O/c1-8(7-11)12-10-3-5-13(6-4-10)9(2)14/h8,10,12H,3-7,11H2,1-2H3. The minimum atomic E-state index is 0.190. The topological polar surface area (TPSA) is 58.4 Å². The van der Waals surface area contributed by atoms with Gasteiger partial charge in [-0.25, -0.2) is 0 Å². The Kier molecular flexibility index (Phi) is 4.35. The van der Waals surface area contributed by atoms with Gasteiger partial charge in [-0.3, -0.25) is 4.79 Å². The maximum Gasteiger partial charge on any atom is 0.219 e. The van der Waals surface area contributed by atoms with Crippen molar-refractivity contribution >= 4 is 5.91 Å².